The number of urea groups is 1. The maximum atomic E-state index is 13.4. The number of anilines is 1. The molecule has 6 nitrogen and oxygen atoms in total. The summed E-state index contributed by atoms with van der Waals surface area (Å²) in [6, 6.07) is 21.0. The van der Waals surface area contributed by atoms with Crippen LogP contribution in [0, 0.1) is 13.8 Å². The SMILES string of the molecule is CCc1ccc(C2NC(=O)N(c3ccc(Cl)c(C)c3)C(C)=C2c2nc(-c3ccc(C)cc3)no2)cc1. The second kappa shape index (κ2) is 9.63. The van der Waals surface area contributed by atoms with E-state index in [1.807, 2.05) is 69.3 Å². The Bertz CT molecular complexity index is 1460. The third kappa shape index (κ3) is 4.40. The predicted octanol–water partition coefficient (Wildman–Crippen LogP) is 7.27. The van der Waals surface area contributed by atoms with Gasteiger partial charge < -0.3 is 9.84 Å². The molecule has 0 saturated heterocycles. The molecule has 7 heteroatoms. The third-order valence-electron chi connectivity index (χ3n) is 6.57. The first-order valence-electron chi connectivity index (χ1n) is 11.9. The van der Waals surface area contributed by atoms with Crippen molar-refractivity contribution in [1.82, 2.24) is 15.5 Å². The summed E-state index contributed by atoms with van der Waals surface area (Å²) in [7, 11) is 0. The summed E-state index contributed by atoms with van der Waals surface area (Å²) in [4.78, 5) is 19.8. The molecule has 1 aliphatic rings. The number of nitrogens with zero attached hydrogens (tertiary/aromatic N) is 3. The third-order valence-corrected chi connectivity index (χ3v) is 7.00. The van der Waals surface area contributed by atoms with Crippen LogP contribution < -0.4 is 10.2 Å². The average molecular weight is 499 g/mol. The first kappa shape index (κ1) is 23.8. The van der Waals surface area contributed by atoms with Crippen molar-refractivity contribution in [3.63, 3.8) is 0 Å². The van der Waals surface area contributed by atoms with Gasteiger partial charge in [0.2, 0.25) is 5.82 Å². The predicted molar refractivity (Wildman–Crippen MR) is 143 cm³/mol. The lowest BCUT2D eigenvalue weighted by molar-refractivity contribution is 0.244. The number of benzene rings is 3. The van der Waals surface area contributed by atoms with Crippen molar-refractivity contribution in [1.29, 1.82) is 0 Å². The van der Waals surface area contributed by atoms with E-state index < -0.39 is 6.04 Å². The van der Waals surface area contributed by atoms with Crippen molar-refractivity contribution in [2.75, 3.05) is 4.90 Å². The van der Waals surface area contributed by atoms with Gasteiger partial charge in [-0.15, -0.1) is 0 Å². The van der Waals surface area contributed by atoms with E-state index in [1.165, 1.54) is 5.56 Å². The number of rotatable bonds is 5. The molecule has 0 fully saturated rings. The summed E-state index contributed by atoms with van der Waals surface area (Å²) in [6.07, 6.45) is 0.937. The molecule has 0 saturated carbocycles. The van der Waals surface area contributed by atoms with Gasteiger partial charge in [-0.05, 0) is 62.1 Å². The number of aromatic nitrogens is 2. The van der Waals surface area contributed by atoms with Crippen LogP contribution >= 0.6 is 11.6 Å². The van der Waals surface area contributed by atoms with Crippen molar-refractivity contribution >= 4 is 28.9 Å². The van der Waals surface area contributed by atoms with E-state index in [4.69, 9.17) is 21.1 Å². The molecule has 1 unspecified atom stereocenters. The lowest BCUT2D eigenvalue weighted by Crippen LogP contribution is -2.46. The largest absolute Gasteiger partial charge is 0.334 e. The molecule has 2 heterocycles. The molecule has 1 aliphatic heterocycles. The van der Waals surface area contributed by atoms with E-state index in [9.17, 15) is 4.79 Å². The maximum Gasteiger partial charge on any atom is 0.326 e. The van der Waals surface area contributed by atoms with Crippen LogP contribution in [-0.2, 0) is 6.42 Å². The molecule has 1 atom stereocenters. The van der Waals surface area contributed by atoms with Gasteiger partial charge in [0.15, 0.2) is 0 Å². The zero-order valence-corrected chi connectivity index (χ0v) is 21.4. The molecule has 5 rings (SSSR count). The van der Waals surface area contributed by atoms with E-state index in [1.54, 1.807) is 11.0 Å². The Kier molecular flexibility index (Phi) is 6.37. The summed E-state index contributed by atoms with van der Waals surface area (Å²) in [6.45, 7) is 7.97. The number of carbonyl (C=O) groups excluding carboxylic acids is 1. The second-order valence-corrected chi connectivity index (χ2v) is 9.44. The lowest BCUT2D eigenvalue weighted by Gasteiger charge is -2.35. The summed E-state index contributed by atoms with van der Waals surface area (Å²) >= 11 is 6.25. The van der Waals surface area contributed by atoms with Crippen molar-refractivity contribution in [3.8, 4) is 11.4 Å². The minimum atomic E-state index is -0.445. The van der Waals surface area contributed by atoms with Crippen molar-refractivity contribution in [2.45, 2.75) is 40.2 Å². The van der Waals surface area contributed by atoms with Crippen molar-refractivity contribution in [3.05, 3.63) is 106 Å². The number of hydrogen-bond donors (Lipinski definition) is 1. The van der Waals surface area contributed by atoms with Crippen molar-refractivity contribution < 1.29 is 9.32 Å². The van der Waals surface area contributed by atoms with Gasteiger partial charge in [-0.2, -0.15) is 4.98 Å². The molecule has 3 aromatic carbocycles. The summed E-state index contributed by atoms with van der Waals surface area (Å²) < 4.78 is 5.80. The summed E-state index contributed by atoms with van der Waals surface area (Å²) in [5.41, 5.74) is 7.23. The molecule has 2 amide bonds. The topological polar surface area (TPSA) is 71.3 Å². The number of halogens is 1. The molecule has 182 valence electrons. The van der Waals surface area contributed by atoms with E-state index >= 15 is 0 Å². The Morgan fingerprint density at radius 3 is 2.39 bits per heavy atom. The van der Waals surface area contributed by atoms with Gasteiger partial charge in [-0.3, -0.25) is 4.90 Å². The Labute approximate surface area is 215 Å². The number of aryl methyl sites for hydroxylation is 3. The first-order chi connectivity index (χ1) is 17.4. The quantitative estimate of drug-likeness (QED) is 0.314. The molecular formula is C29H27ClN4O2. The fourth-order valence-electron chi connectivity index (χ4n) is 4.45. The van der Waals surface area contributed by atoms with E-state index in [0.717, 1.165) is 34.2 Å². The van der Waals surface area contributed by atoms with Crippen LogP contribution in [0.15, 0.2) is 77.0 Å². The van der Waals surface area contributed by atoms with Crippen LogP contribution in [-0.4, -0.2) is 16.2 Å². The van der Waals surface area contributed by atoms with Gasteiger partial charge in [0.1, 0.15) is 0 Å². The van der Waals surface area contributed by atoms with Crippen LogP contribution in [0.25, 0.3) is 17.0 Å². The number of hydrogen-bond acceptors (Lipinski definition) is 4. The van der Waals surface area contributed by atoms with E-state index in [2.05, 4.69) is 29.5 Å². The maximum absolute atomic E-state index is 13.4. The van der Waals surface area contributed by atoms with Crippen LogP contribution in [0.1, 0.15) is 48.0 Å². The van der Waals surface area contributed by atoms with Gasteiger partial charge in [-0.25, -0.2) is 4.79 Å². The number of allylic oxidation sites excluding steroid dienone is 1. The standard InChI is InChI=1S/C29H27ClN4O2/c1-5-20-8-12-21(13-9-20)26-25(28-32-27(33-36-28)22-10-6-17(2)7-11-22)19(4)34(29(35)31-26)23-14-15-24(30)18(3)16-23/h6-16,26H,5H2,1-4H3,(H,31,35). The second-order valence-electron chi connectivity index (χ2n) is 9.03. The highest BCUT2D eigenvalue weighted by atomic mass is 35.5. The molecule has 1 N–H and O–H groups in total. The summed E-state index contributed by atoms with van der Waals surface area (Å²) in [5.74, 6) is 0.861. The first-order valence-corrected chi connectivity index (χ1v) is 12.3. The minimum Gasteiger partial charge on any atom is -0.334 e. The number of amides is 2. The molecule has 0 aliphatic carbocycles. The van der Waals surface area contributed by atoms with Gasteiger partial charge in [0.05, 0.1) is 17.3 Å². The molecule has 0 bridgehead atoms. The van der Waals surface area contributed by atoms with E-state index in [0.29, 0.717) is 28.1 Å². The molecule has 36 heavy (non-hydrogen) atoms. The fraction of sp³-hybridized carbons (Fsp3) is 0.207. The number of nitrogens with one attached hydrogen (secondary N) is 1. The molecule has 0 radical (unpaired) electrons. The Morgan fingerprint density at radius 1 is 1.00 bits per heavy atom. The van der Waals surface area contributed by atoms with Crippen LogP contribution in [0.3, 0.4) is 0 Å². The summed E-state index contributed by atoms with van der Waals surface area (Å²) in [5, 5.41) is 8.06. The van der Waals surface area contributed by atoms with Crippen LogP contribution in [0.5, 0.6) is 0 Å². The van der Waals surface area contributed by atoms with Gasteiger partial charge >= 0.3 is 6.03 Å². The lowest BCUT2D eigenvalue weighted by atomic mass is 9.93. The number of carbonyl (C=O) groups is 1. The normalized spacial score (nSPS) is 15.9. The van der Waals surface area contributed by atoms with Crippen LogP contribution in [0.4, 0.5) is 10.5 Å². The smallest absolute Gasteiger partial charge is 0.326 e. The Balaban J connectivity index is 1.65. The highest BCUT2D eigenvalue weighted by molar-refractivity contribution is 6.31. The fourth-order valence-corrected chi connectivity index (χ4v) is 4.57. The zero-order chi connectivity index (χ0) is 25.4. The zero-order valence-electron chi connectivity index (χ0n) is 20.7. The Hall–Kier alpha value is -3.90. The van der Waals surface area contributed by atoms with E-state index in [-0.39, 0.29) is 6.03 Å². The van der Waals surface area contributed by atoms with Gasteiger partial charge in [-0.1, -0.05) is 77.8 Å². The average Bonchev–Trinajstić information content (AvgIpc) is 3.36. The van der Waals surface area contributed by atoms with Crippen LogP contribution in [0.2, 0.25) is 5.02 Å². The molecule has 1 aromatic heterocycles. The molecule has 0 spiro atoms. The highest BCUT2D eigenvalue weighted by Gasteiger charge is 2.36. The van der Waals surface area contributed by atoms with Gasteiger partial charge in [0, 0.05) is 16.3 Å². The monoisotopic (exact) mass is 498 g/mol. The highest BCUT2D eigenvalue weighted by Crippen LogP contribution is 2.39. The molecular weight excluding hydrogens is 472 g/mol. The van der Waals surface area contributed by atoms with Crippen molar-refractivity contribution in [2.24, 2.45) is 0 Å². The minimum absolute atomic E-state index is 0.235. The van der Waals surface area contributed by atoms with Gasteiger partial charge in [0.25, 0.3) is 5.89 Å². The Morgan fingerprint density at radius 2 is 1.72 bits per heavy atom. The molecule has 4 aromatic rings.